The maximum Gasteiger partial charge on any atom is 0.217 e. The number of rotatable bonds is 5. The third-order valence-corrected chi connectivity index (χ3v) is 5.47. The van der Waals surface area contributed by atoms with Gasteiger partial charge in [-0.25, -0.2) is 9.67 Å². The van der Waals surface area contributed by atoms with Gasteiger partial charge in [0, 0.05) is 13.3 Å². The molecule has 0 bridgehead atoms. The third kappa shape index (κ3) is 4.56. The van der Waals surface area contributed by atoms with Crippen LogP contribution >= 0.6 is 0 Å². The first-order valence-corrected chi connectivity index (χ1v) is 9.49. The van der Waals surface area contributed by atoms with E-state index in [1.807, 2.05) is 0 Å². The number of carbonyl (C=O) groups is 1. The second kappa shape index (κ2) is 8.10. The Hall–Kier alpha value is -1.43. The molecule has 2 aliphatic rings. The van der Waals surface area contributed by atoms with Gasteiger partial charge in [-0.15, -0.1) is 0 Å². The van der Waals surface area contributed by atoms with E-state index in [0.717, 1.165) is 18.1 Å². The van der Waals surface area contributed by atoms with Crippen LogP contribution in [-0.2, 0) is 17.8 Å². The molecule has 1 aromatic rings. The average Bonchev–Trinajstić information content (AvgIpc) is 2.99. The van der Waals surface area contributed by atoms with Crippen molar-refractivity contribution in [1.29, 1.82) is 0 Å². The van der Waals surface area contributed by atoms with Crippen molar-refractivity contribution in [3.05, 3.63) is 11.6 Å². The van der Waals surface area contributed by atoms with Gasteiger partial charge in [0.2, 0.25) is 5.91 Å². The van der Waals surface area contributed by atoms with Crippen LogP contribution < -0.4 is 5.32 Å². The average molecular weight is 333 g/mol. The Balaban J connectivity index is 1.70. The van der Waals surface area contributed by atoms with Crippen LogP contribution in [0, 0.1) is 5.92 Å². The van der Waals surface area contributed by atoms with E-state index >= 15 is 0 Å². The minimum atomic E-state index is -0.00920. The highest BCUT2D eigenvalue weighted by atomic mass is 16.1. The Bertz CT molecular complexity index is 542. The summed E-state index contributed by atoms with van der Waals surface area (Å²) in [6.07, 6.45) is 9.68. The van der Waals surface area contributed by atoms with Crippen LogP contribution in [0.1, 0.15) is 69.6 Å². The lowest BCUT2D eigenvalue weighted by Crippen LogP contribution is -2.31. The molecule has 1 aromatic heterocycles. The molecule has 0 aromatic carbocycles. The molecule has 6 nitrogen and oxygen atoms in total. The van der Waals surface area contributed by atoms with Crippen molar-refractivity contribution >= 4 is 5.91 Å². The summed E-state index contributed by atoms with van der Waals surface area (Å²) < 4.78 is 2.12. The SMILES string of the molecule is CC(=O)NCc1nc(CC2CCN(C)CC2)nn1C1CCCCC1. The second-order valence-corrected chi connectivity index (χ2v) is 7.54. The van der Waals surface area contributed by atoms with E-state index in [1.54, 1.807) is 6.92 Å². The van der Waals surface area contributed by atoms with E-state index in [1.165, 1.54) is 58.0 Å². The van der Waals surface area contributed by atoms with Gasteiger partial charge in [0.15, 0.2) is 5.82 Å². The minimum absolute atomic E-state index is 0.00920. The van der Waals surface area contributed by atoms with Gasteiger partial charge in [0.25, 0.3) is 0 Å². The van der Waals surface area contributed by atoms with Gasteiger partial charge >= 0.3 is 0 Å². The van der Waals surface area contributed by atoms with Crippen LogP contribution in [0.4, 0.5) is 0 Å². The summed E-state index contributed by atoms with van der Waals surface area (Å²) in [5.41, 5.74) is 0. The molecule has 0 spiro atoms. The van der Waals surface area contributed by atoms with Crippen molar-refractivity contribution in [2.75, 3.05) is 20.1 Å². The highest BCUT2D eigenvalue weighted by Gasteiger charge is 2.23. The normalized spacial score (nSPS) is 21.1. The van der Waals surface area contributed by atoms with Crippen LogP contribution in [-0.4, -0.2) is 45.7 Å². The van der Waals surface area contributed by atoms with E-state index in [4.69, 9.17) is 10.1 Å². The first-order valence-electron chi connectivity index (χ1n) is 9.49. The quantitative estimate of drug-likeness (QED) is 0.898. The summed E-state index contributed by atoms with van der Waals surface area (Å²) in [6, 6.07) is 0.459. The first kappa shape index (κ1) is 17.4. The summed E-state index contributed by atoms with van der Waals surface area (Å²) >= 11 is 0. The molecule has 1 N–H and O–H groups in total. The lowest BCUT2D eigenvalue weighted by atomic mass is 9.94. The molecule has 3 rings (SSSR count). The zero-order valence-electron chi connectivity index (χ0n) is 15.1. The van der Waals surface area contributed by atoms with Crippen LogP contribution in [0.2, 0.25) is 0 Å². The molecule has 1 amide bonds. The van der Waals surface area contributed by atoms with Crippen LogP contribution in [0.15, 0.2) is 0 Å². The standard InChI is InChI=1S/C18H31N5O/c1-14(24)19-13-18-20-17(12-15-8-10-22(2)11-9-15)21-23(18)16-6-4-3-5-7-16/h15-16H,3-13H2,1-2H3,(H,19,24). The zero-order valence-corrected chi connectivity index (χ0v) is 15.1. The van der Waals surface area contributed by atoms with Crippen molar-refractivity contribution < 1.29 is 4.79 Å². The molecule has 1 saturated heterocycles. The summed E-state index contributed by atoms with van der Waals surface area (Å²) in [6.45, 7) is 4.40. The second-order valence-electron chi connectivity index (χ2n) is 7.54. The van der Waals surface area contributed by atoms with Crippen molar-refractivity contribution in [3.63, 3.8) is 0 Å². The number of hydrogen-bond donors (Lipinski definition) is 1. The lowest BCUT2D eigenvalue weighted by molar-refractivity contribution is -0.119. The van der Waals surface area contributed by atoms with E-state index < -0.39 is 0 Å². The number of amides is 1. The molecule has 134 valence electrons. The number of hydrogen-bond acceptors (Lipinski definition) is 4. The monoisotopic (exact) mass is 333 g/mol. The molecule has 24 heavy (non-hydrogen) atoms. The summed E-state index contributed by atoms with van der Waals surface area (Å²) in [4.78, 5) is 18.5. The number of aromatic nitrogens is 3. The predicted molar refractivity (Wildman–Crippen MR) is 93.6 cm³/mol. The van der Waals surface area contributed by atoms with Gasteiger partial charge < -0.3 is 10.2 Å². The maximum atomic E-state index is 11.3. The number of likely N-dealkylation sites (tertiary alicyclic amines) is 1. The van der Waals surface area contributed by atoms with E-state index in [0.29, 0.717) is 18.5 Å². The molecular formula is C18H31N5O. The van der Waals surface area contributed by atoms with E-state index in [2.05, 4.69) is 21.9 Å². The Morgan fingerprint density at radius 3 is 2.54 bits per heavy atom. The summed E-state index contributed by atoms with van der Waals surface area (Å²) in [5.74, 6) is 2.58. The van der Waals surface area contributed by atoms with Crippen molar-refractivity contribution in [1.82, 2.24) is 25.0 Å². The van der Waals surface area contributed by atoms with Gasteiger partial charge in [-0.2, -0.15) is 5.10 Å². The number of nitrogens with zero attached hydrogens (tertiary/aromatic N) is 4. The fourth-order valence-electron chi connectivity index (χ4n) is 3.96. The molecule has 2 heterocycles. The van der Waals surface area contributed by atoms with Gasteiger partial charge in [0.05, 0.1) is 12.6 Å². The number of piperidine rings is 1. The Labute approximate surface area is 145 Å². The Kier molecular flexibility index (Phi) is 5.87. The minimum Gasteiger partial charge on any atom is -0.349 e. The largest absolute Gasteiger partial charge is 0.349 e. The molecule has 6 heteroatoms. The van der Waals surface area contributed by atoms with Gasteiger partial charge in [-0.05, 0) is 51.7 Å². The molecule has 1 aliphatic carbocycles. The van der Waals surface area contributed by atoms with Crippen molar-refractivity contribution in [3.8, 4) is 0 Å². The van der Waals surface area contributed by atoms with E-state index in [-0.39, 0.29) is 5.91 Å². The summed E-state index contributed by atoms with van der Waals surface area (Å²) in [5, 5.41) is 7.76. The van der Waals surface area contributed by atoms with E-state index in [9.17, 15) is 4.79 Å². The molecule has 0 unspecified atom stereocenters. The fraction of sp³-hybridized carbons (Fsp3) is 0.833. The number of nitrogens with one attached hydrogen (secondary N) is 1. The van der Waals surface area contributed by atoms with Crippen LogP contribution in [0.5, 0.6) is 0 Å². The van der Waals surface area contributed by atoms with Crippen LogP contribution in [0.3, 0.4) is 0 Å². The van der Waals surface area contributed by atoms with Gasteiger partial charge in [-0.1, -0.05) is 19.3 Å². The molecule has 1 aliphatic heterocycles. The smallest absolute Gasteiger partial charge is 0.217 e. The topological polar surface area (TPSA) is 63.1 Å². The molecule has 0 atom stereocenters. The molecular weight excluding hydrogens is 302 g/mol. The molecule has 1 saturated carbocycles. The van der Waals surface area contributed by atoms with Gasteiger partial charge in [0.1, 0.15) is 5.82 Å². The molecule has 0 radical (unpaired) electrons. The zero-order chi connectivity index (χ0) is 16.9. The predicted octanol–water partition coefficient (Wildman–Crippen LogP) is 2.30. The lowest BCUT2D eigenvalue weighted by Gasteiger charge is -2.28. The highest BCUT2D eigenvalue weighted by molar-refractivity contribution is 5.72. The van der Waals surface area contributed by atoms with Crippen LogP contribution in [0.25, 0.3) is 0 Å². The maximum absolute atomic E-state index is 11.3. The third-order valence-electron chi connectivity index (χ3n) is 5.47. The Morgan fingerprint density at radius 2 is 1.88 bits per heavy atom. The van der Waals surface area contributed by atoms with Gasteiger partial charge in [-0.3, -0.25) is 4.79 Å². The Morgan fingerprint density at radius 1 is 1.17 bits per heavy atom. The number of carbonyl (C=O) groups excluding carboxylic acids is 1. The fourth-order valence-corrected chi connectivity index (χ4v) is 3.96. The highest BCUT2D eigenvalue weighted by Crippen LogP contribution is 2.29. The summed E-state index contributed by atoms with van der Waals surface area (Å²) in [7, 11) is 2.19. The van der Waals surface area contributed by atoms with Crippen molar-refractivity contribution in [2.45, 2.75) is 70.9 Å². The molecule has 2 fully saturated rings. The first-order chi connectivity index (χ1) is 11.6. The van der Waals surface area contributed by atoms with Crippen molar-refractivity contribution in [2.24, 2.45) is 5.92 Å².